The van der Waals surface area contributed by atoms with Crippen molar-refractivity contribution in [1.29, 1.82) is 0 Å². The second-order valence-corrected chi connectivity index (χ2v) is 9.69. The summed E-state index contributed by atoms with van der Waals surface area (Å²) in [5, 5.41) is 8.86. The van der Waals surface area contributed by atoms with Crippen LogP contribution in [0.25, 0.3) is 0 Å². The number of piperidine rings is 1. The minimum absolute atomic E-state index is 0.0931. The zero-order valence-electron chi connectivity index (χ0n) is 20.5. The minimum atomic E-state index is -0.929. The molecule has 8 nitrogen and oxygen atoms in total. The lowest BCUT2D eigenvalue weighted by molar-refractivity contribution is -0.137. The number of ether oxygens (including phenoxy) is 3. The van der Waals surface area contributed by atoms with Gasteiger partial charge in [-0.15, -0.1) is 0 Å². The Kier molecular flexibility index (Phi) is 8.46. The van der Waals surface area contributed by atoms with E-state index >= 15 is 0 Å². The van der Waals surface area contributed by atoms with Crippen molar-refractivity contribution >= 4 is 12.1 Å². The molecule has 0 aliphatic carbocycles. The Balaban J connectivity index is 1.76. The van der Waals surface area contributed by atoms with Crippen molar-refractivity contribution in [2.75, 3.05) is 47.5 Å². The molecule has 0 saturated carbocycles. The van der Waals surface area contributed by atoms with E-state index in [1.54, 1.807) is 21.3 Å². The predicted molar refractivity (Wildman–Crippen MR) is 125 cm³/mol. The summed E-state index contributed by atoms with van der Waals surface area (Å²) in [7, 11) is 4.90. The van der Waals surface area contributed by atoms with E-state index in [4.69, 9.17) is 19.3 Å². The number of amides is 1. The molecule has 1 N–H and O–H groups in total. The van der Waals surface area contributed by atoms with Crippen LogP contribution in [0.2, 0.25) is 0 Å². The smallest absolute Gasteiger partial charge is 0.409 e. The van der Waals surface area contributed by atoms with Crippen molar-refractivity contribution in [3.63, 3.8) is 0 Å². The van der Waals surface area contributed by atoms with Crippen LogP contribution >= 0.6 is 0 Å². The number of hydrogen-bond donors (Lipinski definition) is 1. The number of nitrogens with zero attached hydrogens (tertiary/aromatic N) is 2. The van der Waals surface area contributed by atoms with Gasteiger partial charge in [0.05, 0.1) is 27.2 Å². The molecule has 1 aromatic carbocycles. The van der Waals surface area contributed by atoms with Gasteiger partial charge in [0.1, 0.15) is 0 Å². The van der Waals surface area contributed by atoms with Crippen LogP contribution in [0, 0.1) is 17.8 Å². The highest BCUT2D eigenvalue weighted by Gasteiger charge is 2.40. The summed E-state index contributed by atoms with van der Waals surface area (Å²) in [5.74, 6) is 1.81. The van der Waals surface area contributed by atoms with Gasteiger partial charge in [0, 0.05) is 32.7 Å². The topological polar surface area (TPSA) is 88.5 Å². The van der Waals surface area contributed by atoms with Crippen LogP contribution in [0.1, 0.15) is 50.3 Å². The van der Waals surface area contributed by atoms with Gasteiger partial charge in [-0.3, -0.25) is 9.69 Å². The second kappa shape index (κ2) is 11.1. The Morgan fingerprint density at radius 1 is 1.18 bits per heavy atom. The minimum Gasteiger partial charge on any atom is -0.493 e. The lowest BCUT2D eigenvalue weighted by atomic mass is 9.74. The fourth-order valence-electron chi connectivity index (χ4n) is 5.22. The number of fused-ring (bicyclic) bond motifs is 3. The van der Waals surface area contributed by atoms with Crippen LogP contribution in [-0.2, 0) is 16.0 Å². The van der Waals surface area contributed by atoms with E-state index in [1.807, 2.05) is 0 Å². The normalized spacial score (nSPS) is 22.3. The number of methoxy groups -OCH3 is 2. The van der Waals surface area contributed by atoms with Gasteiger partial charge in [0.2, 0.25) is 0 Å². The lowest BCUT2D eigenvalue weighted by Gasteiger charge is -2.47. The number of aliphatic carboxylic acids is 1. The van der Waals surface area contributed by atoms with Crippen LogP contribution in [0.5, 0.6) is 11.5 Å². The van der Waals surface area contributed by atoms with Crippen LogP contribution in [-0.4, -0.2) is 74.5 Å². The molecule has 33 heavy (non-hydrogen) atoms. The van der Waals surface area contributed by atoms with Gasteiger partial charge in [-0.1, -0.05) is 13.8 Å². The third-order valence-corrected chi connectivity index (χ3v) is 6.94. The van der Waals surface area contributed by atoms with Crippen molar-refractivity contribution in [1.82, 2.24) is 9.80 Å². The highest BCUT2D eigenvalue weighted by molar-refractivity contribution is 5.70. The van der Waals surface area contributed by atoms with E-state index < -0.39 is 12.1 Å². The number of hydrogen-bond acceptors (Lipinski definition) is 6. The summed E-state index contributed by atoms with van der Waals surface area (Å²) in [6, 6.07) is 4.46. The van der Waals surface area contributed by atoms with E-state index in [0.29, 0.717) is 18.4 Å². The fraction of sp³-hybridized carbons (Fsp3) is 0.680. The standard InChI is InChI=1S/C25H38N2O6/c1-16(2)10-18-14-27-9-6-17-12-22(31-4)23(32-5)13-20(17)21(27)11-19(18)15-33-25(30)26(3)8-7-24(28)29/h12-13,16,18-19,21H,6-11,14-15H2,1-5H3,(H,28,29). The summed E-state index contributed by atoms with van der Waals surface area (Å²) >= 11 is 0. The number of carbonyl (C=O) groups excluding carboxylic acids is 1. The fourth-order valence-corrected chi connectivity index (χ4v) is 5.22. The summed E-state index contributed by atoms with van der Waals surface area (Å²) in [6.45, 7) is 6.94. The molecular weight excluding hydrogens is 424 g/mol. The maximum atomic E-state index is 12.4. The van der Waals surface area contributed by atoms with E-state index in [9.17, 15) is 9.59 Å². The molecule has 1 amide bonds. The van der Waals surface area contributed by atoms with Gasteiger partial charge in [-0.25, -0.2) is 4.79 Å². The van der Waals surface area contributed by atoms with Crippen LogP contribution in [0.3, 0.4) is 0 Å². The first-order valence-electron chi connectivity index (χ1n) is 11.8. The summed E-state index contributed by atoms with van der Waals surface area (Å²) < 4.78 is 16.7. The number of carboxylic acids is 1. The third-order valence-electron chi connectivity index (χ3n) is 6.94. The maximum absolute atomic E-state index is 12.4. The molecule has 0 radical (unpaired) electrons. The van der Waals surface area contributed by atoms with Gasteiger partial charge in [0.25, 0.3) is 0 Å². The Morgan fingerprint density at radius 3 is 2.52 bits per heavy atom. The Bertz CT molecular complexity index is 842. The second-order valence-electron chi connectivity index (χ2n) is 9.69. The molecule has 184 valence electrons. The number of carbonyl (C=O) groups is 2. The van der Waals surface area contributed by atoms with Gasteiger partial charge in [-0.2, -0.15) is 0 Å². The molecule has 8 heteroatoms. The zero-order chi connectivity index (χ0) is 24.1. The number of benzene rings is 1. The molecule has 3 unspecified atom stereocenters. The van der Waals surface area contributed by atoms with Gasteiger partial charge < -0.3 is 24.2 Å². The van der Waals surface area contributed by atoms with Crippen LogP contribution < -0.4 is 9.47 Å². The molecule has 3 atom stereocenters. The first-order chi connectivity index (χ1) is 15.7. The molecule has 0 aromatic heterocycles. The van der Waals surface area contributed by atoms with E-state index in [0.717, 1.165) is 43.9 Å². The average Bonchev–Trinajstić information content (AvgIpc) is 2.79. The SMILES string of the molecule is COc1cc2c(cc1OC)C1CC(COC(=O)N(C)CCC(=O)O)C(CC(C)C)CN1CC2. The molecule has 1 saturated heterocycles. The molecule has 2 aliphatic heterocycles. The summed E-state index contributed by atoms with van der Waals surface area (Å²) in [4.78, 5) is 27.1. The molecule has 0 spiro atoms. The third kappa shape index (κ3) is 6.10. The summed E-state index contributed by atoms with van der Waals surface area (Å²) in [5.41, 5.74) is 2.57. The van der Waals surface area contributed by atoms with E-state index in [2.05, 4.69) is 30.9 Å². The highest BCUT2D eigenvalue weighted by Crippen LogP contribution is 2.45. The van der Waals surface area contributed by atoms with Gasteiger partial charge >= 0.3 is 12.1 Å². The number of carboxylic acid groups (broad SMARTS) is 1. The van der Waals surface area contributed by atoms with Crippen LogP contribution in [0.15, 0.2) is 12.1 Å². The van der Waals surface area contributed by atoms with E-state index in [1.165, 1.54) is 16.0 Å². The van der Waals surface area contributed by atoms with Crippen molar-refractivity contribution in [2.45, 2.75) is 45.6 Å². The average molecular weight is 463 g/mol. The molecule has 2 heterocycles. The molecule has 1 fully saturated rings. The number of rotatable bonds is 9. The van der Waals surface area contributed by atoms with Crippen molar-refractivity contribution in [2.24, 2.45) is 17.8 Å². The maximum Gasteiger partial charge on any atom is 0.409 e. The van der Waals surface area contributed by atoms with Gasteiger partial charge in [-0.05, 0) is 60.3 Å². The molecule has 0 bridgehead atoms. The van der Waals surface area contributed by atoms with E-state index in [-0.39, 0.29) is 24.9 Å². The lowest BCUT2D eigenvalue weighted by Crippen LogP contribution is -2.47. The Morgan fingerprint density at radius 2 is 1.88 bits per heavy atom. The van der Waals surface area contributed by atoms with Crippen molar-refractivity contribution in [3.05, 3.63) is 23.3 Å². The zero-order valence-corrected chi connectivity index (χ0v) is 20.5. The van der Waals surface area contributed by atoms with Crippen molar-refractivity contribution in [3.8, 4) is 11.5 Å². The molecule has 3 rings (SSSR count). The Labute approximate surface area is 196 Å². The molecule has 1 aromatic rings. The highest BCUT2D eigenvalue weighted by atomic mass is 16.6. The molecule has 2 aliphatic rings. The predicted octanol–water partition coefficient (Wildman–Crippen LogP) is 3.83. The summed E-state index contributed by atoms with van der Waals surface area (Å²) in [6.07, 6.45) is 2.42. The largest absolute Gasteiger partial charge is 0.493 e. The quantitative estimate of drug-likeness (QED) is 0.597. The van der Waals surface area contributed by atoms with Crippen LogP contribution in [0.4, 0.5) is 4.79 Å². The molecular formula is C25H38N2O6. The first-order valence-corrected chi connectivity index (χ1v) is 11.8. The monoisotopic (exact) mass is 462 g/mol. The first kappa shape index (κ1) is 25.1. The van der Waals surface area contributed by atoms with Crippen molar-refractivity contribution < 1.29 is 28.9 Å². The van der Waals surface area contributed by atoms with Gasteiger partial charge in [0.15, 0.2) is 11.5 Å². The Hall–Kier alpha value is -2.48.